The van der Waals surface area contributed by atoms with Crippen molar-refractivity contribution in [2.45, 2.75) is 278 Å². The average Bonchev–Trinajstić information content (AvgIpc) is 1.73. The number of carbonyl (C=O) groups is 8. The fourth-order valence-electron chi connectivity index (χ4n) is 20.6. The molecule has 16 rings (SSSR count). The molecule has 6 N–H and O–H groups in total. The van der Waals surface area contributed by atoms with E-state index in [1.807, 2.05) is 134 Å². The molecule has 11 aromatic rings. The lowest BCUT2D eigenvalue weighted by Crippen LogP contribution is -2.54. The van der Waals surface area contributed by atoms with Crippen LogP contribution in [-0.2, 0) is 42.2 Å². The summed E-state index contributed by atoms with van der Waals surface area (Å²) in [6, 6.07) is 35.9. The van der Waals surface area contributed by atoms with Gasteiger partial charge in [0.15, 0.2) is 0 Å². The van der Waals surface area contributed by atoms with Crippen molar-refractivity contribution in [3.8, 4) is 0 Å². The highest BCUT2D eigenvalue weighted by atomic mass is 35.5. The summed E-state index contributed by atoms with van der Waals surface area (Å²) in [6.45, 7) is 42.1. The van der Waals surface area contributed by atoms with E-state index in [2.05, 4.69) is 209 Å². The van der Waals surface area contributed by atoms with E-state index < -0.39 is 0 Å². The first-order chi connectivity index (χ1) is 72.1. The third-order valence-electron chi connectivity index (χ3n) is 29.3. The van der Waals surface area contributed by atoms with Crippen LogP contribution in [0.5, 0.6) is 0 Å². The molecule has 0 saturated carbocycles. The molecule has 0 bridgehead atoms. The van der Waals surface area contributed by atoms with Gasteiger partial charge in [0.1, 0.15) is 23.0 Å². The monoisotopic (exact) mass is 2170 g/mol. The van der Waals surface area contributed by atoms with Crippen LogP contribution in [0.25, 0.3) is 0 Å². The summed E-state index contributed by atoms with van der Waals surface area (Å²) in [4.78, 5) is 153. The number of piperidine rings is 4. The van der Waals surface area contributed by atoms with E-state index in [9.17, 15) is 38.4 Å². The summed E-state index contributed by atoms with van der Waals surface area (Å²) in [6.07, 6.45) is 18.4. The molecular weight excluding hydrogens is 2020 g/mol. The Labute approximate surface area is 915 Å². The van der Waals surface area contributed by atoms with Crippen LogP contribution in [-0.4, -0.2) is 260 Å². The zero-order chi connectivity index (χ0) is 107. The van der Waals surface area contributed by atoms with Crippen LogP contribution in [0.1, 0.15) is 252 Å². The lowest BCUT2D eigenvalue weighted by Gasteiger charge is -2.43. The van der Waals surface area contributed by atoms with Gasteiger partial charge in [0, 0.05) is 182 Å². The van der Waals surface area contributed by atoms with Gasteiger partial charge in [0.05, 0.1) is 68.1 Å². The van der Waals surface area contributed by atoms with Crippen LogP contribution in [0.4, 0.5) is 15.3 Å². The third-order valence-corrected chi connectivity index (χ3v) is 33.6. The first-order valence-electron chi connectivity index (χ1n) is 52.5. The maximum absolute atomic E-state index is 13.8. The lowest BCUT2D eigenvalue weighted by atomic mass is 9.76. The van der Waals surface area contributed by atoms with E-state index in [0.717, 1.165) is 163 Å². The van der Waals surface area contributed by atoms with Gasteiger partial charge in [-0.25, -0.2) is 39.5 Å². The standard InChI is InChI=1S/C30H37N5O2S.C29H36ClN5O2S.C28H36N6O2S2.C27H40ClN5O2S/c1-20(8-12-31-29(36)28-21(2)32-19-33-22(28)3)34-13-9-25(10-14-34)35(17-23-11-15-38-18-23)30(37)27-16-24-6-4-5-7-26(24)27;1-20-17-26(30)32-22(3)27(20)28(36)31-13-9-21(2)34-14-10-25(11-15-34)35(18-23-12-16-38-19-23)29(37)33-24-7-5-4-6-8-24;1-20(4-12-30-28(36)27-21(2)31-19-32-22(27)3)33-13-7-24(8-14-33)34(16-23-9-15-37-17-23)26(35)18-38-25-5-10-29-11-6-25;1-18-15-23(28)30-20(3)24(18)25(34)29-11-7-19(2)32-12-8-22(9-13-32)33(16-21-10-14-36-17-21)26(35)31-27(4,5)6/h4-7,11,15,18-20,25,27H,8-10,12-14,16-17H2,1-3H3,(H,31,36);4-8,12,16-17,19,21,25H,9-11,13-15,18H2,1-3H3,(H,31,36)(H,33,37);5-6,9-11,15,17,19-20,24H,4,7-8,12-14,16,18H2,1-3H3,(H,30,36);10,14-15,17,19,22H,7-9,11-13,16H2,1-6H3,(H,29,34)(H,31,35). The Morgan fingerprint density at radius 2 is 0.760 bits per heavy atom. The molecule has 5 unspecified atom stereocenters. The minimum absolute atomic E-state index is 0.00480. The molecule has 4 saturated heterocycles. The molecule has 10 amide bonds. The van der Waals surface area contributed by atoms with Crippen LogP contribution < -0.4 is 31.9 Å². The molecule has 29 nitrogen and oxygen atoms in total. The number of amides is 10. The number of likely N-dealkylation sites (tertiary alicyclic amines) is 4. The summed E-state index contributed by atoms with van der Waals surface area (Å²) in [5.41, 5.74) is 15.9. The van der Waals surface area contributed by atoms with Crippen molar-refractivity contribution in [1.82, 2.24) is 101 Å². The molecule has 13 heterocycles. The number of thiophene rings is 4. The Kier molecular flexibility index (Phi) is 44.2. The van der Waals surface area contributed by atoms with Crippen LogP contribution in [0.3, 0.4) is 0 Å². The number of carbonyl (C=O) groups excluding carboxylic acids is 8. The smallest absolute Gasteiger partial charge is 0.322 e. The Hall–Kier alpha value is -11.0. The molecule has 4 aliphatic heterocycles. The Morgan fingerprint density at radius 3 is 1.12 bits per heavy atom. The molecule has 9 aromatic heterocycles. The maximum atomic E-state index is 13.8. The van der Waals surface area contributed by atoms with E-state index in [4.69, 9.17) is 23.2 Å². The zero-order valence-electron chi connectivity index (χ0n) is 89.4. The summed E-state index contributed by atoms with van der Waals surface area (Å²) >= 11 is 20.2. The van der Waals surface area contributed by atoms with Crippen LogP contribution in [0.15, 0.2) is 176 Å². The number of nitrogens with one attached hydrogen (secondary N) is 6. The van der Waals surface area contributed by atoms with Crippen molar-refractivity contribution in [2.75, 3.05) is 89.6 Å². The predicted octanol–water partition coefficient (Wildman–Crippen LogP) is 20.4. The van der Waals surface area contributed by atoms with Gasteiger partial charge in [-0.1, -0.05) is 65.7 Å². The van der Waals surface area contributed by atoms with Gasteiger partial charge in [-0.05, 0) is 336 Å². The number of aryl methyl sites for hydroxylation is 8. The third kappa shape index (κ3) is 33.7. The number of halogens is 2. The highest BCUT2D eigenvalue weighted by molar-refractivity contribution is 8.00. The van der Waals surface area contributed by atoms with Crippen molar-refractivity contribution in [3.05, 3.63) is 282 Å². The maximum Gasteiger partial charge on any atom is 0.322 e. The van der Waals surface area contributed by atoms with Crippen molar-refractivity contribution in [1.29, 1.82) is 0 Å². The molecule has 4 fully saturated rings. The first-order valence-corrected chi connectivity index (χ1v) is 58.0. The molecule has 36 heteroatoms. The number of hydrogen-bond donors (Lipinski definition) is 6. The molecule has 1 aliphatic carbocycles. The van der Waals surface area contributed by atoms with Gasteiger partial charge in [-0.2, -0.15) is 45.3 Å². The topological polar surface area (TPSA) is 325 Å². The Bertz CT molecular complexity index is 6090. The molecule has 0 spiro atoms. The second-order valence-corrected chi connectivity index (χ2v) is 46.0. The van der Waals surface area contributed by atoms with Gasteiger partial charge in [-0.3, -0.25) is 33.8 Å². The largest absolute Gasteiger partial charge is 0.352 e. The first kappa shape index (κ1) is 116. The summed E-state index contributed by atoms with van der Waals surface area (Å²) in [5.74, 6) is 0.452. The highest BCUT2D eigenvalue weighted by Crippen LogP contribution is 2.39. The summed E-state index contributed by atoms with van der Waals surface area (Å²) in [7, 11) is 0. The van der Waals surface area contributed by atoms with Crippen LogP contribution >= 0.6 is 80.3 Å². The SMILES string of the molecule is Cc1cc(Cl)nc(C)c1C(=O)NCCC(C)N1CCC(N(Cc2ccsc2)C(=O)NC(C)(C)C)CC1.Cc1cc(Cl)nc(C)c1C(=O)NCCC(C)N1CCC(N(Cc2ccsc2)C(=O)Nc2ccccc2)CC1.Cc1ncnc(C)c1C(=O)NCCC(C)N1CCC(N(Cc2ccsc2)C(=O)C2Cc3ccccc32)CC1.Cc1ncnc(C)c1C(=O)NCCC(C)N1CCC(N(Cc2ccsc2)C(=O)CSc2ccncc2)CC1. The molecule has 5 atom stereocenters. The normalized spacial score (nSPS) is 16.2. The number of benzene rings is 2. The summed E-state index contributed by atoms with van der Waals surface area (Å²) in [5, 5.41) is 36.0. The van der Waals surface area contributed by atoms with Gasteiger partial charge in [0.2, 0.25) is 11.8 Å². The second-order valence-electron chi connectivity index (χ2n) is 41.1. The minimum Gasteiger partial charge on any atom is -0.352 e. The van der Waals surface area contributed by atoms with E-state index in [-0.39, 0.29) is 83.1 Å². The molecule has 0 radical (unpaired) electrons. The minimum atomic E-state index is -0.275. The molecule has 2 aromatic carbocycles. The number of para-hydroxylation sites is 1. The van der Waals surface area contributed by atoms with Crippen LogP contribution in [0.2, 0.25) is 10.3 Å². The zero-order valence-corrected chi connectivity index (χ0v) is 95.0. The fourth-order valence-corrected chi connectivity index (χ4v) is 24.6. The predicted molar refractivity (Wildman–Crippen MR) is 606 cm³/mol. The number of aromatic nitrogens is 7. The van der Waals surface area contributed by atoms with Gasteiger partial charge < -0.3 is 71.1 Å². The number of thioether (sulfide) groups is 1. The number of rotatable bonds is 37. The number of hydrogen-bond acceptors (Lipinski definition) is 24. The number of urea groups is 2. The van der Waals surface area contributed by atoms with Crippen molar-refractivity contribution < 1.29 is 38.4 Å². The Balaban J connectivity index is 0.000000167. The quantitative estimate of drug-likeness (QED) is 0.0156. The number of nitrogens with zero attached hydrogens (tertiary/aromatic N) is 15. The van der Waals surface area contributed by atoms with E-state index in [1.165, 1.54) is 40.5 Å². The van der Waals surface area contributed by atoms with Crippen molar-refractivity contribution >= 4 is 134 Å². The number of anilines is 1. The molecular formula is C114H149Cl2N21O8S5. The van der Waals surface area contributed by atoms with Gasteiger partial charge >= 0.3 is 12.1 Å². The molecule has 5 aliphatic rings. The molecule has 802 valence electrons. The number of fused-ring (bicyclic) bond motifs is 1. The number of pyridine rings is 3. The van der Waals surface area contributed by atoms with Crippen molar-refractivity contribution in [2.24, 2.45) is 0 Å². The molecule has 150 heavy (non-hydrogen) atoms. The fraction of sp³-hybridized carbons (Fsp3) is 0.482. The van der Waals surface area contributed by atoms with Gasteiger partial charge in [-0.15, -0.1) is 11.8 Å². The Morgan fingerprint density at radius 1 is 0.420 bits per heavy atom. The van der Waals surface area contributed by atoms with E-state index in [1.54, 1.807) is 81.6 Å². The highest BCUT2D eigenvalue weighted by Gasteiger charge is 2.41. The van der Waals surface area contributed by atoms with E-state index >= 15 is 0 Å². The average molecular weight is 2170 g/mol. The lowest BCUT2D eigenvalue weighted by molar-refractivity contribution is -0.137. The van der Waals surface area contributed by atoms with Gasteiger partial charge in [0.25, 0.3) is 23.6 Å². The van der Waals surface area contributed by atoms with Crippen LogP contribution in [0, 0.1) is 55.4 Å². The second kappa shape index (κ2) is 57.1. The van der Waals surface area contributed by atoms with Crippen molar-refractivity contribution in [3.63, 3.8) is 0 Å². The van der Waals surface area contributed by atoms with E-state index in [0.29, 0.717) is 149 Å². The summed E-state index contributed by atoms with van der Waals surface area (Å²) < 4.78 is 0.